The Labute approximate surface area is 128 Å². The number of nitriles is 1. The van der Waals surface area contributed by atoms with Crippen LogP contribution >= 0.6 is 0 Å². The zero-order valence-electron chi connectivity index (χ0n) is 12.0. The van der Waals surface area contributed by atoms with E-state index in [1.54, 1.807) is 18.3 Å². The number of aromatic nitrogens is 3. The molecular weight excluding hydrogens is 280 g/mol. The molecule has 0 atom stereocenters. The molecule has 0 aromatic carbocycles. The van der Waals surface area contributed by atoms with Gasteiger partial charge in [0.2, 0.25) is 0 Å². The second-order valence-electron chi connectivity index (χ2n) is 5.19. The number of nitrogens with zero attached hydrogens (tertiary/aromatic N) is 4. The molecule has 3 rings (SSSR count). The van der Waals surface area contributed by atoms with Crippen LogP contribution in [0.15, 0.2) is 30.9 Å². The molecular formula is C15H16N6O. The summed E-state index contributed by atoms with van der Waals surface area (Å²) in [5.41, 5.74) is 1.06. The summed E-state index contributed by atoms with van der Waals surface area (Å²) in [5, 5.41) is 12.1. The summed E-state index contributed by atoms with van der Waals surface area (Å²) in [6, 6.07) is 5.83. The van der Waals surface area contributed by atoms with Crippen molar-refractivity contribution in [2.75, 3.05) is 18.0 Å². The third-order valence-electron chi connectivity index (χ3n) is 3.78. The third kappa shape index (κ3) is 2.91. The van der Waals surface area contributed by atoms with Gasteiger partial charge in [-0.2, -0.15) is 5.26 Å². The zero-order valence-corrected chi connectivity index (χ0v) is 12.0. The molecule has 1 fully saturated rings. The Bertz CT molecular complexity index is 682. The number of nitrogens with one attached hydrogen (secondary N) is 2. The molecule has 1 amide bonds. The van der Waals surface area contributed by atoms with E-state index in [0.29, 0.717) is 11.3 Å². The summed E-state index contributed by atoms with van der Waals surface area (Å²) in [5.74, 6) is 0.592. The van der Waals surface area contributed by atoms with Crippen LogP contribution < -0.4 is 10.2 Å². The van der Waals surface area contributed by atoms with Gasteiger partial charge in [-0.3, -0.25) is 4.79 Å². The first-order valence-electron chi connectivity index (χ1n) is 7.17. The number of rotatable bonds is 3. The number of carbonyl (C=O) groups is 1. The number of amides is 1. The molecule has 7 heteroatoms. The first kappa shape index (κ1) is 14.1. The summed E-state index contributed by atoms with van der Waals surface area (Å²) in [4.78, 5) is 25.0. The molecule has 1 aliphatic heterocycles. The van der Waals surface area contributed by atoms with Crippen LogP contribution in [0.2, 0.25) is 0 Å². The lowest BCUT2D eigenvalue weighted by atomic mass is 10.0. The van der Waals surface area contributed by atoms with Crippen LogP contribution in [-0.2, 0) is 0 Å². The van der Waals surface area contributed by atoms with Crippen LogP contribution in [0, 0.1) is 11.3 Å². The quantitative estimate of drug-likeness (QED) is 0.883. The van der Waals surface area contributed by atoms with Crippen LogP contribution in [0.3, 0.4) is 0 Å². The van der Waals surface area contributed by atoms with Gasteiger partial charge in [-0.25, -0.2) is 9.97 Å². The van der Waals surface area contributed by atoms with Gasteiger partial charge in [0.05, 0.1) is 18.1 Å². The van der Waals surface area contributed by atoms with E-state index in [9.17, 15) is 4.79 Å². The average Bonchev–Trinajstić information content (AvgIpc) is 3.10. The van der Waals surface area contributed by atoms with Crippen LogP contribution in [-0.4, -0.2) is 40.0 Å². The van der Waals surface area contributed by atoms with Gasteiger partial charge in [0.1, 0.15) is 17.6 Å². The number of hydrogen-bond acceptors (Lipinski definition) is 5. The Balaban J connectivity index is 1.59. The number of carbonyl (C=O) groups excluding carboxylic acids is 1. The molecule has 0 spiro atoms. The van der Waals surface area contributed by atoms with E-state index in [1.165, 1.54) is 12.5 Å². The average molecular weight is 296 g/mol. The highest BCUT2D eigenvalue weighted by molar-refractivity contribution is 5.92. The Hall–Kier alpha value is -2.88. The summed E-state index contributed by atoms with van der Waals surface area (Å²) < 4.78 is 0. The van der Waals surface area contributed by atoms with E-state index in [-0.39, 0.29) is 11.9 Å². The molecule has 0 bridgehead atoms. The van der Waals surface area contributed by atoms with Gasteiger partial charge in [0, 0.05) is 25.3 Å². The van der Waals surface area contributed by atoms with Gasteiger partial charge in [-0.1, -0.05) is 0 Å². The lowest BCUT2D eigenvalue weighted by molar-refractivity contribution is 0.0926. The molecule has 0 radical (unpaired) electrons. The second kappa shape index (κ2) is 6.26. The van der Waals surface area contributed by atoms with Crippen LogP contribution in [0.25, 0.3) is 0 Å². The maximum Gasteiger partial charge on any atom is 0.269 e. The van der Waals surface area contributed by atoms with Gasteiger partial charge in [-0.15, -0.1) is 0 Å². The number of anilines is 1. The predicted octanol–water partition coefficient (Wildman–Crippen LogP) is 1.08. The summed E-state index contributed by atoms with van der Waals surface area (Å²) in [6.45, 7) is 1.53. The number of H-pyrrole nitrogens is 1. The molecule has 1 aliphatic rings. The van der Waals surface area contributed by atoms with Crippen molar-refractivity contribution in [3.63, 3.8) is 0 Å². The zero-order chi connectivity index (χ0) is 15.4. The van der Waals surface area contributed by atoms with Crippen LogP contribution in [0.1, 0.15) is 28.9 Å². The van der Waals surface area contributed by atoms with E-state index in [2.05, 4.69) is 31.2 Å². The number of pyridine rings is 1. The highest BCUT2D eigenvalue weighted by atomic mass is 16.2. The van der Waals surface area contributed by atoms with E-state index in [1.807, 2.05) is 0 Å². The molecule has 2 aromatic heterocycles. The SMILES string of the molecule is N#Cc1cccnc1N1CCC(NC(=O)c2cnc[nH]2)CC1. The lowest BCUT2D eigenvalue weighted by Gasteiger charge is -2.33. The summed E-state index contributed by atoms with van der Waals surface area (Å²) >= 11 is 0. The van der Waals surface area contributed by atoms with Crippen molar-refractivity contribution in [1.29, 1.82) is 5.26 Å². The fourth-order valence-electron chi connectivity index (χ4n) is 2.62. The van der Waals surface area contributed by atoms with Gasteiger partial charge >= 0.3 is 0 Å². The molecule has 22 heavy (non-hydrogen) atoms. The minimum atomic E-state index is -0.133. The number of imidazole rings is 1. The summed E-state index contributed by atoms with van der Waals surface area (Å²) in [7, 11) is 0. The van der Waals surface area contributed by atoms with Crippen molar-refractivity contribution < 1.29 is 4.79 Å². The number of piperidine rings is 1. The first-order chi connectivity index (χ1) is 10.8. The normalized spacial score (nSPS) is 15.3. The van der Waals surface area contributed by atoms with Crippen molar-refractivity contribution in [2.24, 2.45) is 0 Å². The maximum atomic E-state index is 12.0. The monoisotopic (exact) mass is 296 g/mol. The van der Waals surface area contributed by atoms with Crippen molar-refractivity contribution in [1.82, 2.24) is 20.3 Å². The fraction of sp³-hybridized carbons (Fsp3) is 0.333. The van der Waals surface area contributed by atoms with E-state index >= 15 is 0 Å². The van der Waals surface area contributed by atoms with E-state index < -0.39 is 0 Å². The van der Waals surface area contributed by atoms with Gasteiger partial charge in [0.25, 0.3) is 5.91 Å². The topological polar surface area (TPSA) is 97.7 Å². The minimum absolute atomic E-state index is 0.126. The molecule has 3 heterocycles. The van der Waals surface area contributed by atoms with Gasteiger partial charge < -0.3 is 15.2 Å². The Kier molecular flexibility index (Phi) is 4.01. The highest BCUT2D eigenvalue weighted by Gasteiger charge is 2.23. The second-order valence-corrected chi connectivity index (χ2v) is 5.19. The smallest absolute Gasteiger partial charge is 0.269 e. The molecule has 7 nitrogen and oxygen atoms in total. The van der Waals surface area contributed by atoms with Crippen molar-refractivity contribution in [2.45, 2.75) is 18.9 Å². The molecule has 0 unspecified atom stereocenters. The first-order valence-corrected chi connectivity index (χ1v) is 7.17. The summed E-state index contributed by atoms with van der Waals surface area (Å²) in [6.07, 6.45) is 6.34. The van der Waals surface area contributed by atoms with Crippen molar-refractivity contribution >= 4 is 11.7 Å². The third-order valence-corrected chi connectivity index (χ3v) is 3.78. The Morgan fingerprint density at radius 3 is 2.95 bits per heavy atom. The van der Waals surface area contributed by atoms with Gasteiger partial charge in [0.15, 0.2) is 0 Å². The fourth-order valence-corrected chi connectivity index (χ4v) is 2.62. The number of aromatic amines is 1. The minimum Gasteiger partial charge on any atom is -0.355 e. The molecule has 0 aliphatic carbocycles. The molecule has 2 aromatic rings. The van der Waals surface area contributed by atoms with Crippen LogP contribution in [0.4, 0.5) is 5.82 Å². The van der Waals surface area contributed by atoms with Crippen molar-refractivity contribution in [3.05, 3.63) is 42.1 Å². The number of hydrogen-bond donors (Lipinski definition) is 2. The van der Waals surface area contributed by atoms with E-state index in [4.69, 9.17) is 5.26 Å². The maximum absolute atomic E-state index is 12.0. The van der Waals surface area contributed by atoms with Gasteiger partial charge in [-0.05, 0) is 25.0 Å². The van der Waals surface area contributed by atoms with E-state index in [0.717, 1.165) is 31.7 Å². The molecule has 112 valence electrons. The standard InChI is InChI=1S/C15H16N6O/c16-8-11-2-1-5-18-14(11)21-6-3-12(4-7-21)20-15(22)13-9-17-10-19-13/h1-2,5,9-10,12H,3-4,6-7H2,(H,17,19)(H,20,22). The largest absolute Gasteiger partial charge is 0.355 e. The van der Waals surface area contributed by atoms with Crippen LogP contribution in [0.5, 0.6) is 0 Å². The Morgan fingerprint density at radius 1 is 1.45 bits per heavy atom. The molecule has 2 N–H and O–H groups in total. The predicted molar refractivity (Wildman–Crippen MR) is 80.2 cm³/mol. The molecule has 0 saturated carbocycles. The van der Waals surface area contributed by atoms with Crippen molar-refractivity contribution in [3.8, 4) is 6.07 Å². The highest BCUT2D eigenvalue weighted by Crippen LogP contribution is 2.21. The Morgan fingerprint density at radius 2 is 2.27 bits per heavy atom. The lowest BCUT2D eigenvalue weighted by Crippen LogP contribution is -2.45. The molecule has 1 saturated heterocycles.